The second-order valence-electron chi connectivity index (χ2n) is 7.87. The van der Waals surface area contributed by atoms with E-state index in [4.69, 9.17) is 11.6 Å². The SMILES string of the molecule is Cc1ccc(S(=O)(=O)Nc2cccc(N3CCN(c4cc(Cl)ccc4C)CC3)c2)cc1. The number of sulfonamides is 1. The van der Waals surface area contributed by atoms with E-state index in [0.29, 0.717) is 5.69 Å². The molecule has 7 heteroatoms. The Morgan fingerprint density at radius 2 is 1.52 bits per heavy atom. The van der Waals surface area contributed by atoms with Gasteiger partial charge in [0.05, 0.1) is 10.6 Å². The number of hydrogen-bond donors (Lipinski definition) is 1. The van der Waals surface area contributed by atoms with Gasteiger partial charge in [-0.15, -0.1) is 0 Å². The van der Waals surface area contributed by atoms with Crippen molar-refractivity contribution >= 4 is 38.7 Å². The van der Waals surface area contributed by atoms with Crippen LogP contribution in [0.25, 0.3) is 0 Å². The van der Waals surface area contributed by atoms with Gasteiger partial charge in [0.15, 0.2) is 0 Å². The average molecular weight is 456 g/mol. The summed E-state index contributed by atoms with van der Waals surface area (Å²) in [6.45, 7) is 7.48. The van der Waals surface area contributed by atoms with Gasteiger partial charge in [0.1, 0.15) is 0 Å². The molecule has 1 aliphatic heterocycles. The molecule has 1 heterocycles. The van der Waals surface area contributed by atoms with Crippen LogP contribution in [0.1, 0.15) is 11.1 Å². The van der Waals surface area contributed by atoms with E-state index in [0.717, 1.165) is 42.5 Å². The van der Waals surface area contributed by atoms with Crippen molar-refractivity contribution in [1.82, 2.24) is 0 Å². The van der Waals surface area contributed by atoms with Gasteiger partial charge < -0.3 is 9.80 Å². The van der Waals surface area contributed by atoms with Gasteiger partial charge in [0, 0.05) is 42.6 Å². The first-order chi connectivity index (χ1) is 14.8. The van der Waals surface area contributed by atoms with Gasteiger partial charge in [-0.3, -0.25) is 4.72 Å². The molecule has 31 heavy (non-hydrogen) atoms. The fourth-order valence-electron chi connectivity index (χ4n) is 3.83. The number of nitrogens with one attached hydrogen (secondary N) is 1. The number of benzene rings is 3. The zero-order valence-corrected chi connectivity index (χ0v) is 19.2. The standard InChI is InChI=1S/C24H26ClN3O2S/c1-18-6-10-23(11-7-18)31(29,30)26-21-4-3-5-22(17-21)27-12-14-28(15-13-27)24-16-20(25)9-8-19(24)2/h3-11,16-17,26H,12-15H2,1-2H3. The molecule has 0 bridgehead atoms. The molecule has 0 unspecified atom stereocenters. The molecule has 1 N–H and O–H groups in total. The zero-order chi connectivity index (χ0) is 22.0. The summed E-state index contributed by atoms with van der Waals surface area (Å²) in [6.07, 6.45) is 0. The van der Waals surface area contributed by atoms with Gasteiger partial charge in [-0.05, 0) is 61.9 Å². The smallest absolute Gasteiger partial charge is 0.261 e. The van der Waals surface area contributed by atoms with Crippen molar-refractivity contribution in [3.8, 4) is 0 Å². The second kappa shape index (κ2) is 8.81. The van der Waals surface area contributed by atoms with Crippen LogP contribution in [0, 0.1) is 13.8 Å². The Balaban J connectivity index is 1.45. The summed E-state index contributed by atoms with van der Waals surface area (Å²) in [5.41, 5.74) is 4.97. The predicted octanol–water partition coefficient (Wildman–Crippen LogP) is 5.08. The molecule has 1 saturated heterocycles. The third-order valence-corrected chi connectivity index (χ3v) is 7.22. The van der Waals surface area contributed by atoms with E-state index in [2.05, 4.69) is 21.4 Å². The van der Waals surface area contributed by atoms with E-state index in [1.807, 2.05) is 43.3 Å². The van der Waals surface area contributed by atoms with E-state index in [-0.39, 0.29) is 4.90 Å². The third-order valence-electron chi connectivity index (χ3n) is 5.59. The first kappa shape index (κ1) is 21.5. The highest BCUT2D eigenvalue weighted by Crippen LogP contribution is 2.28. The molecule has 0 atom stereocenters. The summed E-state index contributed by atoms with van der Waals surface area (Å²) in [5.74, 6) is 0. The maximum absolute atomic E-state index is 12.7. The molecule has 162 valence electrons. The topological polar surface area (TPSA) is 52.7 Å². The fourth-order valence-corrected chi connectivity index (χ4v) is 5.04. The summed E-state index contributed by atoms with van der Waals surface area (Å²) in [6, 6.07) is 20.4. The molecule has 0 saturated carbocycles. The zero-order valence-electron chi connectivity index (χ0n) is 17.7. The van der Waals surface area contributed by atoms with Crippen molar-refractivity contribution in [1.29, 1.82) is 0 Å². The summed E-state index contributed by atoms with van der Waals surface area (Å²) in [5, 5.41) is 0.747. The quantitative estimate of drug-likeness (QED) is 0.582. The Hall–Kier alpha value is -2.70. The average Bonchev–Trinajstić information content (AvgIpc) is 2.76. The van der Waals surface area contributed by atoms with Crippen molar-refractivity contribution < 1.29 is 8.42 Å². The van der Waals surface area contributed by atoms with E-state index in [1.165, 1.54) is 11.3 Å². The van der Waals surface area contributed by atoms with Crippen molar-refractivity contribution in [2.75, 3.05) is 40.7 Å². The third kappa shape index (κ3) is 4.97. The molecule has 4 rings (SSSR count). The highest BCUT2D eigenvalue weighted by atomic mass is 35.5. The van der Waals surface area contributed by atoms with Crippen molar-refractivity contribution in [2.24, 2.45) is 0 Å². The number of anilines is 3. The highest BCUT2D eigenvalue weighted by Gasteiger charge is 2.20. The monoisotopic (exact) mass is 455 g/mol. The lowest BCUT2D eigenvalue weighted by molar-refractivity contribution is 0.601. The highest BCUT2D eigenvalue weighted by molar-refractivity contribution is 7.92. The summed E-state index contributed by atoms with van der Waals surface area (Å²) < 4.78 is 28.1. The number of nitrogens with zero attached hydrogens (tertiary/aromatic N) is 2. The van der Waals surface area contributed by atoms with Gasteiger partial charge in [0.25, 0.3) is 10.0 Å². The minimum Gasteiger partial charge on any atom is -0.368 e. The van der Waals surface area contributed by atoms with Gasteiger partial charge >= 0.3 is 0 Å². The lowest BCUT2D eigenvalue weighted by Gasteiger charge is -2.38. The fraction of sp³-hybridized carbons (Fsp3) is 0.250. The van der Waals surface area contributed by atoms with E-state index >= 15 is 0 Å². The minimum absolute atomic E-state index is 0.258. The second-order valence-corrected chi connectivity index (χ2v) is 9.99. The molecule has 0 amide bonds. The number of hydrogen-bond acceptors (Lipinski definition) is 4. The molecule has 3 aromatic rings. The van der Waals surface area contributed by atoms with Crippen LogP contribution in [0.3, 0.4) is 0 Å². The van der Waals surface area contributed by atoms with Crippen molar-refractivity contribution in [2.45, 2.75) is 18.7 Å². The molecule has 5 nitrogen and oxygen atoms in total. The lowest BCUT2D eigenvalue weighted by Crippen LogP contribution is -2.46. The number of halogens is 1. The molecular weight excluding hydrogens is 430 g/mol. The van der Waals surface area contributed by atoms with E-state index in [1.54, 1.807) is 30.3 Å². The molecule has 0 radical (unpaired) electrons. The summed E-state index contributed by atoms with van der Waals surface area (Å²) in [7, 11) is -3.62. The molecule has 1 fully saturated rings. The van der Waals surface area contributed by atoms with E-state index in [9.17, 15) is 8.42 Å². The van der Waals surface area contributed by atoms with Crippen LogP contribution >= 0.6 is 11.6 Å². The van der Waals surface area contributed by atoms with Crippen LogP contribution in [-0.4, -0.2) is 34.6 Å². The van der Waals surface area contributed by atoms with Crippen molar-refractivity contribution in [3.63, 3.8) is 0 Å². The maximum Gasteiger partial charge on any atom is 0.261 e. The maximum atomic E-state index is 12.7. The molecule has 0 aliphatic carbocycles. The Morgan fingerprint density at radius 3 is 2.23 bits per heavy atom. The predicted molar refractivity (Wildman–Crippen MR) is 129 cm³/mol. The molecular formula is C24H26ClN3O2S. The first-order valence-electron chi connectivity index (χ1n) is 10.3. The molecule has 3 aromatic carbocycles. The lowest BCUT2D eigenvalue weighted by atomic mass is 10.1. The van der Waals surface area contributed by atoms with Gasteiger partial charge in [0.2, 0.25) is 0 Å². The number of piperazine rings is 1. The van der Waals surface area contributed by atoms with Crippen LogP contribution in [0.5, 0.6) is 0 Å². The van der Waals surface area contributed by atoms with Crippen molar-refractivity contribution in [3.05, 3.63) is 82.9 Å². The summed E-state index contributed by atoms with van der Waals surface area (Å²) >= 11 is 6.19. The summed E-state index contributed by atoms with van der Waals surface area (Å²) in [4.78, 5) is 4.89. The van der Waals surface area contributed by atoms with Crippen LogP contribution in [0.2, 0.25) is 5.02 Å². The number of aryl methyl sites for hydroxylation is 2. The number of rotatable bonds is 5. The largest absolute Gasteiger partial charge is 0.368 e. The normalized spacial score (nSPS) is 14.5. The Labute approximate surface area is 189 Å². The van der Waals surface area contributed by atoms with Crippen LogP contribution in [-0.2, 0) is 10.0 Å². The Bertz CT molecular complexity index is 1170. The minimum atomic E-state index is -3.62. The Kier molecular flexibility index (Phi) is 6.12. The Morgan fingerprint density at radius 1 is 0.839 bits per heavy atom. The van der Waals surface area contributed by atoms with Gasteiger partial charge in [-0.25, -0.2) is 8.42 Å². The van der Waals surface area contributed by atoms with Crippen LogP contribution < -0.4 is 14.5 Å². The molecule has 0 spiro atoms. The molecule has 1 aliphatic rings. The van der Waals surface area contributed by atoms with Gasteiger partial charge in [-0.1, -0.05) is 41.4 Å². The first-order valence-corrected chi connectivity index (χ1v) is 12.1. The van der Waals surface area contributed by atoms with Crippen LogP contribution in [0.4, 0.5) is 17.1 Å². The van der Waals surface area contributed by atoms with E-state index < -0.39 is 10.0 Å². The van der Waals surface area contributed by atoms with Gasteiger partial charge in [-0.2, -0.15) is 0 Å². The molecule has 0 aromatic heterocycles. The van der Waals surface area contributed by atoms with Crippen LogP contribution in [0.15, 0.2) is 71.6 Å².